The fraction of sp³-hybridized carbons (Fsp3) is 0.360. The van der Waals surface area contributed by atoms with Crippen LogP contribution in [-0.4, -0.2) is 48.1 Å². The smallest absolute Gasteiger partial charge is 0.295 e. The molecule has 3 rings (SSSR count). The summed E-state index contributed by atoms with van der Waals surface area (Å²) in [5.74, 6) is -1.02. The number of benzene rings is 2. The van der Waals surface area contributed by atoms with Gasteiger partial charge in [0, 0.05) is 17.7 Å². The van der Waals surface area contributed by atoms with E-state index in [4.69, 9.17) is 9.47 Å². The summed E-state index contributed by atoms with van der Waals surface area (Å²) in [7, 11) is 1.54. The standard InChI is InChI=1S/C25H29NO5/c1-15(2)31-13-12-26-22(19-8-6-7-9-20(19)30-5)21(24(28)25(26)29)23(27)18-11-10-16(3)17(4)14-18/h6-11,14-15,22,27H,12-13H2,1-5H3/b23-21+. The molecule has 6 heteroatoms. The van der Waals surface area contributed by atoms with Crippen LogP contribution in [0.3, 0.4) is 0 Å². The summed E-state index contributed by atoms with van der Waals surface area (Å²) in [6, 6.07) is 11.9. The van der Waals surface area contributed by atoms with Crippen molar-refractivity contribution in [3.8, 4) is 5.75 Å². The van der Waals surface area contributed by atoms with Gasteiger partial charge in [0.25, 0.3) is 11.7 Å². The van der Waals surface area contributed by atoms with Crippen LogP contribution in [0.5, 0.6) is 5.75 Å². The Morgan fingerprint density at radius 2 is 1.81 bits per heavy atom. The molecule has 31 heavy (non-hydrogen) atoms. The van der Waals surface area contributed by atoms with Crippen molar-refractivity contribution in [2.45, 2.75) is 39.8 Å². The lowest BCUT2D eigenvalue weighted by Crippen LogP contribution is -2.33. The average molecular weight is 424 g/mol. The van der Waals surface area contributed by atoms with Crippen LogP contribution in [0.25, 0.3) is 5.76 Å². The quantitative estimate of drug-likeness (QED) is 0.411. The van der Waals surface area contributed by atoms with Gasteiger partial charge in [-0.05, 0) is 51.0 Å². The van der Waals surface area contributed by atoms with Crippen molar-refractivity contribution in [1.29, 1.82) is 0 Å². The Labute approximate surface area is 183 Å². The van der Waals surface area contributed by atoms with E-state index in [0.717, 1.165) is 11.1 Å². The van der Waals surface area contributed by atoms with Gasteiger partial charge in [0.15, 0.2) is 0 Å². The second kappa shape index (κ2) is 9.35. The molecule has 0 saturated carbocycles. The zero-order chi connectivity index (χ0) is 22.7. The Balaban J connectivity index is 2.16. The lowest BCUT2D eigenvalue weighted by atomic mass is 9.93. The van der Waals surface area contributed by atoms with E-state index in [1.54, 1.807) is 18.2 Å². The van der Waals surface area contributed by atoms with Crippen LogP contribution in [-0.2, 0) is 14.3 Å². The highest BCUT2D eigenvalue weighted by molar-refractivity contribution is 6.46. The van der Waals surface area contributed by atoms with Gasteiger partial charge in [-0.1, -0.05) is 30.3 Å². The molecule has 0 bridgehead atoms. The highest BCUT2D eigenvalue weighted by Crippen LogP contribution is 2.42. The summed E-state index contributed by atoms with van der Waals surface area (Å²) in [5, 5.41) is 11.2. The van der Waals surface area contributed by atoms with Gasteiger partial charge < -0.3 is 19.5 Å². The van der Waals surface area contributed by atoms with Crippen LogP contribution in [0.4, 0.5) is 0 Å². The van der Waals surface area contributed by atoms with E-state index in [-0.39, 0.29) is 30.6 Å². The van der Waals surface area contributed by atoms with Crippen LogP contribution in [0, 0.1) is 13.8 Å². The molecule has 0 radical (unpaired) electrons. The monoisotopic (exact) mass is 423 g/mol. The number of nitrogens with zero attached hydrogens (tertiary/aromatic N) is 1. The summed E-state index contributed by atoms with van der Waals surface area (Å²) in [6.45, 7) is 8.22. The number of amides is 1. The van der Waals surface area contributed by atoms with Crippen molar-refractivity contribution in [1.82, 2.24) is 4.90 Å². The van der Waals surface area contributed by atoms with Gasteiger partial charge in [-0.15, -0.1) is 0 Å². The van der Waals surface area contributed by atoms with Crippen molar-refractivity contribution >= 4 is 17.4 Å². The number of aryl methyl sites for hydroxylation is 2. The molecule has 1 unspecified atom stereocenters. The van der Waals surface area contributed by atoms with Crippen molar-refractivity contribution in [3.63, 3.8) is 0 Å². The molecule has 1 N–H and O–H groups in total. The van der Waals surface area contributed by atoms with Crippen LogP contribution in [0.1, 0.15) is 42.1 Å². The van der Waals surface area contributed by atoms with E-state index < -0.39 is 17.7 Å². The predicted octanol–water partition coefficient (Wildman–Crippen LogP) is 4.16. The van der Waals surface area contributed by atoms with E-state index >= 15 is 0 Å². The first-order valence-electron chi connectivity index (χ1n) is 10.4. The van der Waals surface area contributed by atoms with E-state index in [9.17, 15) is 14.7 Å². The SMILES string of the molecule is COc1ccccc1C1/C(=C(\O)c2ccc(C)c(C)c2)C(=O)C(=O)N1CCOC(C)C. The number of aliphatic hydroxyl groups is 1. The molecule has 1 atom stereocenters. The number of aliphatic hydroxyl groups excluding tert-OH is 1. The molecule has 1 aliphatic heterocycles. The highest BCUT2D eigenvalue weighted by atomic mass is 16.5. The molecule has 6 nitrogen and oxygen atoms in total. The molecule has 1 saturated heterocycles. The molecule has 0 aliphatic carbocycles. The predicted molar refractivity (Wildman–Crippen MR) is 119 cm³/mol. The Kier molecular flexibility index (Phi) is 6.81. The number of ketones is 1. The minimum absolute atomic E-state index is 0.00272. The fourth-order valence-corrected chi connectivity index (χ4v) is 3.76. The number of rotatable bonds is 7. The molecule has 1 amide bonds. The van der Waals surface area contributed by atoms with Crippen LogP contribution in [0.2, 0.25) is 0 Å². The number of hydrogen-bond acceptors (Lipinski definition) is 5. The van der Waals surface area contributed by atoms with Gasteiger partial charge in [-0.3, -0.25) is 9.59 Å². The Morgan fingerprint density at radius 1 is 1.10 bits per heavy atom. The average Bonchev–Trinajstić information content (AvgIpc) is 2.99. The summed E-state index contributed by atoms with van der Waals surface area (Å²) < 4.78 is 11.1. The van der Waals surface area contributed by atoms with Gasteiger partial charge in [0.05, 0.1) is 31.4 Å². The fourth-order valence-electron chi connectivity index (χ4n) is 3.76. The van der Waals surface area contributed by atoms with Crippen LogP contribution in [0.15, 0.2) is 48.0 Å². The Bertz CT molecular complexity index is 1020. The molecule has 1 fully saturated rings. The number of methoxy groups -OCH3 is 1. The number of carbonyl (C=O) groups excluding carboxylic acids is 2. The van der Waals surface area contributed by atoms with Crippen molar-refractivity contribution in [2.75, 3.05) is 20.3 Å². The van der Waals surface area contributed by atoms with Crippen molar-refractivity contribution < 1.29 is 24.2 Å². The zero-order valence-corrected chi connectivity index (χ0v) is 18.6. The number of ether oxygens (including phenoxy) is 2. The van der Waals surface area contributed by atoms with Gasteiger partial charge in [0.2, 0.25) is 0 Å². The lowest BCUT2D eigenvalue weighted by Gasteiger charge is -2.26. The summed E-state index contributed by atoms with van der Waals surface area (Å²) in [5.41, 5.74) is 3.25. The second-order valence-electron chi connectivity index (χ2n) is 7.95. The Hall–Kier alpha value is -3.12. The molecule has 2 aromatic rings. The van der Waals surface area contributed by atoms with Gasteiger partial charge in [-0.2, -0.15) is 0 Å². The summed E-state index contributed by atoms with van der Waals surface area (Å²) in [6.07, 6.45) is -0.00272. The maximum Gasteiger partial charge on any atom is 0.295 e. The number of hydrogen-bond donors (Lipinski definition) is 1. The summed E-state index contributed by atoms with van der Waals surface area (Å²) in [4.78, 5) is 27.5. The second-order valence-corrected chi connectivity index (χ2v) is 7.95. The third kappa shape index (κ3) is 4.49. The lowest BCUT2D eigenvalue weighted by molar-refractivity contribution is -0.140. The number of para-hydroxylation sites is 1. The highest BCUT2D eigenvalue weighted by Gasteiger charge is 2.46. The van der Waals surface area contributed by atoms with E-state index in [1.165, 1.54) is 12.0 Å². The molecule has 1 aliphatic rings. The number of likely N-dealkylation sites (tertiary alicyclic amines) is 1. The third-order valence-electron chi connectivity index (χ3n) is 5.54. The van der Waals surface area contributed by atoms with E-state index in [2.05, 4.69) is 0 Å². The zero-order valence-electron chi connectivity index (χ0n) is 18.6. The summed E-state index contributed by atoms with van der Waals surface area (Å²) >= 11 is 0. The molecule has 0 aromatic heterocycles. The maximum atomic E-state index is 13.1. The van der Waals surface area contributed by atoms with E-state index in [1.807, 2.05) is 52.0 Å². The van der Waals surface area contributed by atoms with Crippen LogP contribution < -0.4 is 4.74 Å². The van der Waals surface area contributed by atoms with Crippen LogP contribution >= 0.6 is 0 Å². The van der Waals surface area contributed by atoms with Crippen molar-refractivity contribution in [3.05, 3.63) is 70.3 Å². The van der Waals surface area contributed by atoms with Crippen molar-refractivity contribution in [2.24, 2.45) is 0 Å². The molecule has 164 valence electrons. The van der Waals surface area contributed by atoms with E-state index in [0.29, 0.717) is 16.9 Å². The topological polar surface area (TPSA) is 76.1 Å². The first-order valence-corrected chi connectivity index (χ1v) is 10.4. The number of Topliss-reactive ketones (excluding diaryl/α,β-unsaturated/α-hetero) is 1. The van der Waals surface area contributed by atoms with Gasteiger partial charge in [0.1, 0.15) is 11.5 Å². The largest absolute Gasteiger partial charge is 0.507 e. The first-order chi connectivity index (χ1) is 14.8. The minimum Gasteiger partial charge on any atom is -0.507 e. The third-order valence-corrected chi connectivity index (χ3v) is 5.54. The molecule has 0 spiro atoms. The molecule has 2 aromatic carbocycles. The first kappa shape index (κ1) is 22.6. The molecular weight excluding hydrogens is 394 g/mol. The molecule has 1 heterocycles. The van der Waals surface area contributed by atoms with Gasteiger partial charge in [-0.25, -0.2) is 0 Å². The van der Waals surface area contributed by atoms with Gasteiger partial charge >= 0.3 is 0 Å². The maximum absolute atomic E-state index is 13.1. The Morgan fingerprint density at radius 3 is 2.45 bits per heavy atom. The normalized spacial score (nSPS) is 18.1. The molecular formula is C25H29NO5. The number of carbonyl (C=O) groups is 2. The minimum atomic E-state index is -0.770.